The molecule has 0 amide bonds. The molecular formula is C12H28O2Si. The summed E-state index contributed by atoms with van der Waals surface area (Å²) in [5.74, 6) is 0. The van der Waals surface area contributed by atoms with Crippen LogP contribution in [0.1, 0.15) is 40.5 Å². The van der Waals surface area contributed by atoms with Gasteiger partial charge < -0.3 is 9.47 Å². The topological polar surface area (TPSA) is 18.5 Å². The summed E-state index contributed by atoms with van der Waals surface area (Å²) in [7, 11) is -1.26. The molecule has 0 aromatic rings. The predicted octanol–water partition coefficient (Wildman–Crippen LogP) is 3.41. The summed E-state index contributed by atoms with van der Waals surface area (Å²) in [4.78, 5) is 0. The largest absolute Gasteiger partial charge is 0.385 e. The quantitative estimate of drug-likeness (QED) is 0.424. The van der Waals surface area contributed by atoms with Gasteiger partial charge in [0, 0.05) is 25.7 Å². The third-order valence-corrected chi connectivity index (χ3v) is 7.65. The van der Waals surface area contributed by atoms with Gasteiger partial charge in [-0.05, 0) is 12.8 Å². The first kappa shape index (κ1) is 15.1. The van der Waals surface area contributed by atoms with Crippen LogP contribution in [0.4, 0.5) is 0 Å². The van der Waals surface area contributed by atoms with Crippen LogP contribution in [-0.4, -0.2) is 33.7 Å². The maximum Gasteiger partial charge on any atom is 0.112 e. The standard InChI is InChI=1S/C12H28O2Si/c1-5-9-13-11-15(7-3,8-4)12-14-10-6-2/h5-12H2,1-4H3. The lowest BCUT2D eigenvalue weighted by Gasteiger charge is -2.28. The molecule has 0 fully saturated rings. The van der Waals surface area contributed by atoms with Crippen LogP contribution < -0.4 is 0 Å². The third-order valence-electron chi connectivity index (χ3n) is 3.01. The van der Waals surface area contributed by atoms with E-state index < -0.39 is 8.07 Å². The van der Waals surface area contributed by atoms with Crippen LogP contribution in [0.15, 0.2) is 0 Å². The Kier molecular flexibility index (Phi) is 9.45. The van der Waals surface area contributed by atoms with Crippen LogP contribution >= 0.6 is 0 Å². The van der Waals surface area contributed by atoms with Crippen molar-refractivity contribution in [3.05, 3.63) is 0 Å². The maximum atomic E-state index is 5.74. The molecule has 0 bridgehead atoms. The summed E-state index contributed by atoms with van der Waals surface area (Å²) in [5.41, 5.74) is 0. The highest BCUT2D eigenvalue weighted by molar-refractivity contribution is 6.79. The first-order chi connectivity index (χ1) is 7.24. The molecule has 0 aliphatic rings. The zero-order chi connectivity index (χ0) is 11.6. The molecule has 0 aliphatic carbocycles. The van der Waals surface area contributed by atoms with Crippen LogP contribution in [0.2, 0.25) is 12.1 Å². The fourth-order valence-electron chi connectivity index (χ4n) is 1.57. The van der Waals surface area contributed by atoms with Crippen LogP contribution in [-0.2, 0) is 9.47 Å². The normalized spacial score (nSPS) is 12.0. The molecule has 0 atom stereocenters. The van der Waals surface area contributed by atoms with Crippen molar-refractivity contribution < 1.29 is 9.47 Å². The van der Waals surface area contributed by atoms with Crippen molar-refractivity contribution in [2.24, 2.45) is 0 Å². The van der Waals surface area contributed by atoms with Gasteiger partial charge in [0.2, 0.25) is 0 Å². The minimum absolute atomic E-state index is 0.905. The summed E-state index contributed by atoms with van der Waals surface area (Å²) in [6.45, 7) is 10.7. The highest BCUT2D eigenvalue weighted by Crippen LogP contribution is 2.16. The van der Waals surface area contributed by atoms with E-state index in [0.29, 0.717) is 0 Å². The van der Waals surface area contributed by atoms with E-state index in [1.54, 1.807) is 0 Å². The molecule has 0 aliphatic heterocycles. The minimum Gasteiger partial charge on any atom is -0.385 e. The molecule has 0 radical (unpaired) electrons. The summed E-state index contributed by atoms with van der Waals surface area (Å²) in [6.07, 6.45) is 4.20. The van der Waals surface area contributed by atoms with Gasteiger partial charge >= 0.3 is 0 Å². The molecule has 0 heterocycles. The second kappa shape index (κ2) is 9.37. The number of rotatable bonds is 10. The van der Waals surface area contributed by atoms with E-state index in [1.165, 1.54) is 12.1 Å². The van der Waals surface area contributed by atoms with Crippen molar-refractivity contribution in [1.82, 2.24) is 0 Å². The molecule has 15 heavy (non-hydrogen) atoms. The number of hydrogen-bond acceptors (Lipinski definition) is 2. The van der Waals surface area contributed by atoms with Crippen molar-refractivity contribution in [2.45, 2.75) is 52.6 Å². The molecule has 0 saturated heterocycles. The second-order valence-corrected chi connectivity index (χ2v) is 9.30. The van der Waals surface area contributed by atoms with Crippen molar-refractivity contribution >= 4 is 8.07 Å². The fourth-order valence-corrected chi connectivity index (χ4v) is 4.12. The van der Waals surface area contributed by atoms with E-state index in [2.05, 4.69) is 27.7 Å². The molecule has 0 N–H and O–H groups in total. The van der Waals surface area contributed by atoms with Crippen LogP contribution in [0, 0.1) is 0 Å². The molecule has 0 saturated carbocycles. The van der Waals surface area contributed by atoms with E-state index in [9.17, 15) is 0 Å². The van der Waals surface area contributed by atoms with Gasteiger partial charge in [-0.3, -0.25) is 0 Å². The van der Waals surface area contributed by atoms with Crippen molar-refractivity contribution in [1.29, 1.82) is 0 Å². The molecule has 0 rings (SSSR count). The molecular weight excluding hydrogens is 204 g/mol. The molecule has 0 aromatic carbocycles. The van der Waals surface area contributed by atoms with Crippen LogP contribution in [0.25, 0.3) is 0 Å². The van der Waals surface area contributed by atoms with Crippen LogP contribution in [0.3, 0.4) is 0 Å². The first-order valence-corrected chi connectivity index (χ1v) is 9.23. The monoisotopic (exact) mass is 232 g/mol. The number of hydrogen-bond donors (Lipinski definition) is 0. The highest BCUT2D eigenvalue weighted by Gasteiger charge is 2.29. The molecule has 92 valence electrons. The van der Waals surface area contributed by atoms with Crippen molar-refractivity contribution in [3.63, 3.8) is 0 Å². The van der Waals surface area contributed by atoms with Gasteiger partial charge in [-0.1, -0.05) is 39.8 Å². The van der Waals surface area contributed by atoms with Crippen molar-refractivity contribution in [2.75, 3.05) is 25.7 Å². The van der Waals surface area contributed by atoms with E-state index in [0.717, 1.165) is 38.5 Å². The van der Waals surface area contributed by atoms with Crippen LogP contribution in [0.5, 0.6) is 0 Å². The van der Waals surface area contributed by atoms with Gasteiger partial charge in [0.05, 0.1) is 0 Å². The zero-order valence-corrected chi connectivity index (χ0v) is 12.0. The lowest BCUT2D eigenvalue weighted by atomic mass is 10.5. The molecule has 3 heteroatoms. The Labute approximate surface area is 96.4 Å². The molecule has 2 nitrogen and oxygen atoms in total. The van der Waals surface area contributed by atoms with E-state index in [1.807, 2.05) is 0 Å². The third kappa shape index (κ3) is 6.33. The number of ether oxygens (including phenoxy) is 2. The minimum atomic E-state index is -1.26. The first-order valence-electron chi connectivity index (χ1n) is 6.40. The average molecular weight is 232 g/mol. The van der Waals surface area contributed by atoms with Crippen molar-refractivity contribution in [3.8, 4) is 0 Å². The Bertz CT molecular complexity index is 124. The average Bonchev–Trinajstić information content (AvgIpc) is 2.28. The smallest absolute Gasteiger partial charge is 0.112 e. The van der Waals surface area contributed by atoms with Gasteiger partial charge in [-0.2, -0.15) is 0 Å². The van der Waals surface area contributed by atoms with Gasteiger partial charge in [-0.25, -0.2) is 0 Å². The summed E-state index contributed by atoms with van der Waals surface area (Å²) in [6, 6.07) is 2.55. The van der Waals surface area contributed by atoms with E-state index in [-0.39, 0.29) is 0 Å². The van der Waals surface area contributed by atoms with Gasteiger partial charge in [0.1, 0.15) is 8.07 Å². The molecule has 0 spiro atoms. The van der Waals surface area contributed by atoms with Gasteiger partial charge in [0.25, 0.3) is 0 Å². The Balaban J connectivity index is 3.93. The summed E-state index contributed by atoms with van der Waals surface area (Å²) in [5, 5.41) is 0. The highest BCUT2D eigenvalue weighted by atomic mass is 28.3. The lowest BCUT2D eigenvalue weighted by molar-refractivity contribution is 0.148. The zero-order valence-electron chi connectivity index (χ0n) is 11.0. The maximum absolute atomic E-state index is 5.74. The Morgan fingerprint density at radius 2 is 1.13 bits per heavy atom. The fraction of sp³-hybridized carbons (Fsp3) is 1.00. The van der Waals surface area contributed by atoms with E-state index >= 15 is 0 Å². The van der Waals surface area contributed by atoms with Gasteiger partial charge in [0.15, 0.2) is 0 Å². The van der Waals surface area contributed by atoms with E-state index in [4.69, 9.17) is 9.47 Å². The SMILES string of the molecule is CCCOC[Si](CC)(CC)COCCC. The Hall–Kier alpha value is 0.137. The molecule has 0 unspecified atom stereocenters. The van der Waals surface area contributed by atoms with Gasteiger partial charge in [-0.15, -0.1) is 0 Å². The molecule has 0 aromatic heterocycles. The summed E-state index contributed by atoms with van der Waals surface area (Å²) >= 11 is 0. The summed E-state index contributed by atoms with van der Waals surface area (Å²) < 4.78 is 11.5. The predicted molar refractivity (Wildman–Crippen MR) is 68.9 cm³/mol. The Morgan fingerprint density at radius 3 is 1.40 bits per heavy atom. The Morgan fingerprint density at radius 1 is 0.733 bits per heavy atom. The lowest BCUT2D eigenvalue weighted by Crippen LogP contribution is -2.44. The second-order valence-electron chi connectivity index (χ2n) is 4.31.